The lowest BCUT2D eigenvalue weighted by molar-refractivity contribution is -0.114. The summed E-state index contributed by atoms with van der Waals surface area (Å²) in [5.74, 6) is 0.338. The number of hydrogen-bond donors (Lipinski definition) is 2. The molecule has 2 N–H and O–H groups in total. The number of aryl methyl sites for hydroxylation is 3. The molecule has 0 spiro atoms. The van der Waals surface area contributed by atoms with E-state index in [-0.39, 0.29) is 0 Å². The van der Waals surface area contributed by atoms with Gasteiger partial charge in [-0.25, -0.2) is 9.40 Å². The number of fused-ring (bicyclic) bond motifs is 1. The summed E-state index contributed by atoms with van der Waals surface area (Å²) in [6.45, 7) is 4.11. The highest BCUT2D eigenvalue weighted by atomic mass is 32.2. The molecule has 0 unspecified atom stereocenters. The minimum absolute atomic E-state index is 0.351. The first-order valence-electron chi connectivity index (χ1n) is 9.73. The van der Waals surface area contributed by atoms with E-state index in [4.69, 9.17) is 0 Å². The fraction of sp³-hybridized carbons (Fsp3) is 0.350. The Kier molecular flexibility index (Phi) is 5.20. The van der Waals surface area contributed by atoms with Crippen molar-refractivity contribution < 1.29 is 13.2 Å². The monoisotopic (exact) mass is 428 g/mol. The third-order valence-corrected chi connectivity index (χ3v) is 6.12. The van der Waals surface area contributed by atoms with E-state index in [1.165, 1.54) is 6.08 Å². The average molecular weight is 429 g/mol. The fourth-order valence-corrected chi connectivity index (χ4v) is 4.26. The molecule has 3 aromatic rings. The molecule has 158 valence electrons. The quantitative estimate of drug-likeness (QED) is 0.557. The zero-order valence-corrected chi connectivity index (χ0v) is 17.9. The Labute approximate surface area is 174 Å². The topological polar surface area (TPSA) is 111 Å². The Balaban J connectivity index is 1.61. The van der Waals surface area contributed by atoms with Crippen molar-refractivity contribution in [3.63, 3.8) is 0 Å². The third-order valence-electron chi connectivity index (χ3n) is 5.11. The summed E-state index contributed by atoms with van der Waals surface area (Å²) in [5.41, 5.74) is 3.18. The van der Waals surface area contributed by atoms with Crippen molar-refractivity contribution in [2.75, 3.05) is 6.54 Å². The van der Waals surface area contributed by atoms with Crippen molar-refractivity contribution in [3.05, 3.63) is 47.3 Å². The van der Waals surface area contributed by atoms with Crippen LogP contribution in [0.25, 0.3) is 22.8 Å². The SMILES string of the molecule is Cc1nn(C)c(-n2nc(C)c3ccccc32)c1C=CC(=O)NS(=O)(=O)NCC1CC1. The Bertz CT molecular complexity index is 1250. The number of aromatic nitrogens is 4. The van der Waals surface area contributed by atoms with E-state index in [1.807, 2.05) is 42.8 Å². The van der Waals surface area contributed by atoms with E-state index >= 15 is 0 Å². The minimum atomic E-state index is -3.87. The molecule has 2 heterocycles. The van der Waals surface area contributed by atoms with E-state index in [2.05, 4.69) is 14.9 Å². The van der Waals surface area contributed by atoms with E-state index in [1.54, 1.807) is 22.5 Å². The van der Waals surface area contributed by atoms with Crippen LogP contribution < -0.4 is 9.44 Å². The lowest BCUT2D eigenvalue weighted by Gasteiger charge is -2.07. The number of para-hydroxylation sites is 1. The second kappa shape index (κ2) is 7.69. The van der Waals surface area contributed by atoms with Crippen molar-refractivity contribution >= 4 is 33.1 Å². The fourth-order valence-electron chi connectivity index (χ4n) is 3.40. The van der Waals surface area contributed by atoms with Crippen LogP contribution in [0.15, 0.2) is 30.3 Å². The van der Waals surface area contributed by atoms with Crippen LogP contribution in [0.5, 0.6) is 0 Å². The van der Waals surface area contributed by atoms with Crippen molar-refractivity contribution in [3.8, 4) is 5.82 Å². The highest BCUT2D eigenvalue weighted by Gasteiger charge is 2.24. The number of benzene rings is 1. The van der Waals surface area contributed by atoms with Crippen molar-refractivity contribution in [2.45, 2.75) is 26.7 Å². The van der Waals surface area contributed by atoms with Crippen LogP contribution in [-0.4, -0.2) is 40.4 Å². The maximum Gasteiger partial charge on any atom is 0.301 e. The minimum Gasteiger partial charge on any atom is -0.269 e. The molecule has 1 fully saturated rings. The van der Waals surface area contributed by atoms with Gasteiger partial charge in [-0.2, -0.15) is 23.3 Å². The molecule has 2 aromatic heterocycles. The van der Waals surface area contributed by atoms with Gasteiger partial charge in [0, 0.05) is 30.6 Å². The normalized spacial score (nSPS) is 14.6. The lowest BCUT2D eigenvalue weighted by atomic mass is 10.2. The van der Waals surface area contributed by atoms with Crippen molar-refractivity contribution in [1.82, 2.24) is 29.0 Å². The molecule has 0 radical (unpaired) electrons. The summed E-state index contributed by atoms with van der Waals surface area (Å²) in [5, 5.41) is 10.1. The van der Waals surface area contributed by atoms with Gasteiger partial charge in [-0.15, -0.1) is 0 Å². The molecular formula is C20H24N6O3S. The van der Waals surface area contributed by atoms with Crippen LogP contribution in [0.4, 0.5) is 0 Å². The largest absolute Gasteiger partial charge is 0.301 e. The Morgan fingerprint density at radius 1 is 1.20 bits per heavy atom. The first-order chi connectivity index (χ1) is 14.2. The number of carbonyl (C=O) groups excluding carboxylic acids is 1. The standard InChI is InChI=1S/C20H24N6O3S/c1-13-16-6-4-5-7-18(16)26(23-13)20-17(14(2)22-25(20)3)10-11-19(27)24-30(28,29)21-12-15-8-9-15/h4-7,10-11,15,21H,8-9,12H2,1-3H3,(H,24,27). The van der Waals surface area contributed by atoms with Gasteiger partial charge in [-0.3, -0.25) is 9.48 Å². The molecule has 10 heteroatoms. The first kappa shape index (κ1) is 20.3. The maximum absolute atomic E-state index is 12.2. The van der Waals surface area contributed by atoms with Gasteiger partial charge in [0.2, 0.25) is 0 Å². The highest BCUT2D eigenvalue weighted by molar-refractivity contribution is 7.88. The van der Waals surface area contributed by atoms with Crippen LogP contribution in [0.2, 0.25) is 0 Å². The van der Waals surface area contributed by atoms with Gasteiger partial charge >= 0.3 is 10.2 Å². The number of nitrogens with zero attached hydrogens (tertiary/aromatic N) is 4. The Morgan fingerprint density at radius 2 is 1.93 bits per heavy atom. The lowest BCUT2D eigenvalue weighted by Crippen LogP contribution is -2.40. The summed E-state index contributed by atoms with van der Waals surface area (Å²) in [7, 11) is -2.07. The van der Waals surface area contributed by atoms with Gasteiger partial charge in [-0.05, 0) is 44.7 Å². The molecule has 9 nitrogen and oxygen atoms in total. The summed E-state index contributed by atoms with van der Waals surface area (Å²) >= 11 is 0. The van der Waals surface area contributed by atoms with E-state index in [0.717, 1.165) is 29.4 Å². The molecule has 30 heavy (non-hydrogen) atoms. The van der Waals surface area contributed by atoms with Gasteiger partial charge in [-0.1, -0.05) is 18.2 Å². The van der Waals surface area contributed by atoms with Gasteiger partial charge in [0.15, 0.2) is 5.82 Å². The zero-order chi connectivity index (χ0) is 21.5. The Morgan fingerprint density at radius 3 is 2.67 bits per heavy atom. The third kappa shape index (κ3) is 4.14. The van der Waals surface area contributed by atoms with Crippen LogP contribution in [-0.2, 0) is 22.1 Å². The molecular weight excluding hydrogens is 404 g/mol. The van der Waals surface area contributed by atoms with Crippen LogP contribution >= 0.6 is 0 Å². The molecule has 0 aliphatic heterocycles. The molecule has 1 saturated carbocycles. The number of rotatable bonds is 7. The zero-order valence-electron chi connectivity index (χ0n) is 17.1. The van der Waals surface area contributed by atoms with Gasteiger partial charge in [0.05, 0.1) is 16.9 Å². The highest BCUT2D eigenvalue weighted by Crippen LogP contribution is 2.28. The molecule has 1 aliphatic rings. The van der Waals surface area contributed by atoms with Crippen molar-refractivity contribution in [2.24, 2.45) is 13.0 Å². The molecule has 0 saturated heterocycles. The van der Waals surface area contributed by atoms with E-state index in [9.17, 15) is 13.2 Å². The number of carbonyl (C=O) groups is 1. The van der Waals surface area contributed by atoms with Crippen molar-refractivity contribution in [1.29, 1.82) is 0 Å². The van der Waals surface area contributed by atoms with Crippen LogP contribution in [0, 0.1) is 19.8 Å². The Hall–Kier alpha value is -2.98. The predicted octanol–water partition coefficient (Wildman–Crippen LogP) is 1.75. The summed E-state index contributed by atoms with van der Waals surface area (Å²) < 4.78 is 31.9. The first-order valence-corrected chi connectivity index (χ1v) is 11.2. The second-order valence-electron chi connectivity index (χ2n) is 7.56. The molecule has 0 bridgehead atoms. The van der Waals surface area contributed by atoms with Gasteiger partial charge < -0.3 is 0 Å². The summed E-state index contributed by atoms with van der Waals surface area (Å²) in [6.07, 6.45) is 4.79. The molecule has 1 amide bonds. The summed E-state index contributed by atoms with van der Waals surface area (Å²) in [6, 6.07) is 7.86. The maximum atomic E-state index is 12.2. The molecule has 4 rings (SSSR count). The van der Waals surface area contributed by atoms with E-state index < -0.39 is 16.1 Å². The molecule has 1 aromatic carbocycles. The smallest absolute Gasteiger partial charge is 0.269 e. The number of nitrogens with one attached hydrogen (secondary N) is 2. The predicted molar refractivity (Wildman–Crippen MR) is 114 cm³/mol. The van der Waals surface area contributed by atoms with Gasteiger partial charge in [0.25, 0.3) is 5.91 Å². The van der Waals surface area contributed by atoms with Gasteiger partial charge in [0.1, 0.15) is 0 Å². The van der Waals surface area contributed by atoms with Crippen LogP contribution in [0.3, 0.4) is 0 Å². The molecule has 1 aliphatic carbocycles. The van der Waals surface area contributed by atoms with E-state index in [0.29, 0.717) is 29.5 Å². The summed E-state index contributed by atoms with van der Waals surface area (Å²) in [4.78, 5) is 12.2. The number of amides is 1. The average Bonchev–Trinajstić information content (AvgIpc) is 3.40. The molecule has 0 atom stereocenters. The second-order valence-corrected chi connectivity index (χ2v) is 9.06. The number of hydrogen-bond acceptors (Lipinski definition) is 5. The van der Waals surface area contributed by atoms with Crippen LogP contribution in [0.1, 0.15) is 29.8 Å².